The molecule has 0 fully saturated rings. The van der Waals surface area contributed by atoms with E-state index < -0.39 is 6.10 Å². The standard InChI is InChI=1S/C20H19N3O4/c24-19(14-11-23-15-6-2-1-5-13(14)15)21-9-10-22-20(25)18-12-26-16-7-3-4-8-17(16)27-18/h1-8,11,18,23H,9-10,12H2,(H,21,24)(H,22,25)/t18-/m1/s1. The van der Waals surface area contributed by atoms with Crippen LogP contribution in [0.15, 0.2) is 54.7 Å². The van der Waals surface area contributed by atoms with Gasteiger partial charge in [-0.2, -0.15) is 0 Å². The number of fused-ring (bicyclic) bond motifs is 2. The predicted molar refractivity (Wildman–Crippen MR) is 100.0 cm³/mol. The van der Waals surface area contributed by atoms with Crippen LogP contribution in [0.5, 0.6) is 11.5 Å². The Bertz CT molecular complexity index is 982. The van der Waals surface area contributed by atoms with Gasteiger partial charge in [-0.3, -0.25) is 9.59 Å². The molecule has 1 aromatic heterocycles. The summed E-state index contributed by atoms with van der Waals surface area (Å²) >= 11 is 0. The number of nitrogens with one attached hydrogen (secondary N) is 3. The van der Waals surface area contributed by atoms with Crippen molar-refractivity contribution >= 4 is 22.7 Å². The molecule has 0 radical (unpaired) electrons. The van der Waals surface area contributed by atoms with Crippen molar-refractivity contribution in [3.8, 4) is 11.5 Å². The molecule has 4 rings (SSSR count). The first kappa shape index (κ1) is 17.0. The number of aromatic nitrogens is 1. The van der Waals surface area contributed by atoms with Crippen molar-refractivity contribution in [3.63, 3.8) is 0 Å². The van der Waals surface area contributed by atoms with Crippen molar-refractivity contribution in [3.05, 3.63) is 60.3 Å². The van der Waals surface area contributed by atoms with E-state index in [1.807, 2.05) is 36.4 Å². The molecule has 1 aliphatic rings. The number of carbonyl (C=O) groups excluding carboxylic acids is 2. The maximum absolute atomic E-state index is 12.3. The summed E-state index contributed by atoms with van der Waals surface area (Å²) in [4.78, 5) is 27.6. The van der Waals surface area contributed by atoms with Crippen LogP contribution in [0.3, 0.4) is 0 Å². The molecule has 2 heterocycles. The molecule has 0 aliphatic carbocycles. The van der Waals surface area contributed by atoms with Gasteiger partial charge in [0.1, 0.15) is 6.61 Å². The van der Waals surface area contributed by atoms with Crippen LogP contribution < -0.4 is 20.1 Å². The lowest BCUT2D eigenvalue weighted by Gasteiger charge is -2.25. The van der Waals surface area contributed by atoms with E-state index in [2.05, 4.69) is 15.6 Å². The van der Waals surface area contributed by atoms with Crippen LogP contribution in [0.4, 0.5) is 0 Å². The maximum Gasteiger partial charge on any atom is 0.264 e. The zero-order chi connectivity index (χ0) is 18.6. The lowest BCUT2D eigenvalue weighted by Crippen LogP contribution is -2.46. The molecule has 0 bridgehead atoms. The fourth-order valence-corrected chi connectivity index (χ4v) is 2.98. The minimum atomic E-state index is -0.704. The van der Waals surface area contributed by atoms with Gasteiger partial charge >= 0.3 is 0 Å². The molecule has 0 saturated heterocycles. The molecule has 0 unspecified atom stereocenters. The van der Waals surface area contributed by atoms with Gasteiger partial charge in [0.15, 0.2) is 11.5 Å². The van der Waals surface area contributed by atoms with Crippen LogP contribution in [0, 0.1) is 0 Å². The van der Waals surface area contributed by atoms with E-state index in [-0.39, 0.29) is 18.4 Å². The maximum atomic E-state index is 12.3. The number of carbonyl (C=O) groups is 2. The molecule has 3 N–H and O–H groups in total. The Balaban J connectivity index is 1.25. The van der Waals surface area contributed by atoms with Crippen LogP contribution in [0.25, 0.3) is 10.9 Å². The highest BCUT2D eigenvalue weighted by Gasteiger charge is 2.26. The molecule has 1 aliphatic heterocycles. The zero-order valence-corrected chi connectivity index (χ0v) is 14.5. The average Bonchev–Trinajstić information content (AvgIpc) is 3.15. The molecule has 1 atom stereocenters. The number of hydrogen-bond donors (Lipinski definition) is 3. The van der Waals surface area contributed by atoms with E-state index >= 15 is 0 Å². The highest BCUT2D eigenvalue weighted by molar-refractivity contribution is 6.06. The SMILES string of the molecule is O=C(NCCNC(=O)[C@H]1COc2ccccc2O1)c1c[nH]c2ccccc12. The average molecular weight is 365 g/mol. The van der Waals surface area contributed by atoms with Crippen LogP contribution >= 0.6 is 0 Å². The fraction of sp³-hybridized carbons (Fsp3) is 0.200. The summed E-state index contributed by atoms with van der Waals surface area (Å²) in [7, 11) is 0. The van der Waals surface area contributed by atoms with Crippen molar-refractivity contribution in [1.82, 2.24) is 15.6 Å². The van der Waals surface area contributed by atoms with E-state index in [9.17, 15) is 9.59 Å². The second-order valence-corrected chi connectivity index (χ2v) is 6.16. The fourth-order valence-electron chi connectivity index (χ4n) is 2.98. The summed E-state index contributed by atoms with van der Waals surface area (Å²) in [5.74, 6) is 0.725. The van der Waals surface area contributed by atoms with Gasteiger partial charge in [0.2, 0.25) is 6.10 Å². The van der Waals surface area contributed by atoms with Crippen molar-refractivity contribution < 1.29 is 19.1 Å². The van der Waals surface area contributed by atoms with Crippen LogP contribution in [-0.4, -0.2) is 42.6 Å². The monoisotopic (exact) mass is 365 g/mol. The molecule has 3 aromatic rings. The molecule has 7 nitrogen and oxygen atoms in total. The third-order valence-corrected chi connectivity index (χ3v) is 4.34. The smallest absolute Gasteiger partial charge is 0.264 e. The largest absolute Gasteiger partial charge is 0.485 e. The molecule has 2 amide bonds. The van der Waals surface area contributed by atoms with Gasteiger partial charge in [0.05, 0.1) is 5.56 Å². The van der Waals surface area contributed by atoms with Gasteiger partial charge in [-0.25, -0.2) is 0 Å². The molecule has 0 saturated carbocycles. The second kappa shape index (κ2) is 7.41. The quantitative estimate of drug-likeness (QED) is 0.602. The predicted octanol–water partition coefficient (Wildman–Crippen LogP) is 1.85. The topological polar surface area (TPSA) is 92.5 Å². The zero-order valence-electron chi connectivity index (χ0n) is 14.5. The van der Waals surface area contributed by atoms with Crippen molar-refractivity contribution in [2.24, 2.45) is 0 Å². The Morgan fingerprint density at radius 2 is 1.74 bits per heavy atom. The highest BCUT2D eigenvalue weighted by Crippen LogP contribution is 2.30. The summed E-state index contributed by atoms with van der Waals surface area (Å²) in [6, 6.07) is 14.8. The summed E-state index contributed by atoms with van der Waals surface area (Å²) < 4.78 is 11.2. The Labute approximate surface area is 155 Å². The van der Waals surface area contributed by atoms with Crippen molar-refractivity contribution in [2.45, 2.75) is 6.10 Å². The number of hydrogen-bond acceptors (Lipinski definition) is 4. The van der Waals surface area contributed by atoms with Crippen LogP contribution in [0.1, 0.15) is 10.4 Å². The van der Waals surface area contributed by atoms with Gasteiger partial charge < -0.3 is 25.1 Å². The number of aromatic amines is 1. The molecule has 0 spiro atoms. The summed E-state index contributed by atoms with van der Waals surface area (Å²) in [5.41, 5.74) is 1.49. The minimum absolute atomic E-state index is 0.157. The Hall–Kier alpha value is -3.48. The molecule has 7 heteroatoms. The number of para-hydroxylation sites is 3. The van der Waals surface area contributed by atoms with E-state index in [0.717, 1.165) is 10.9 Å². The summed E-state index contributed by atoms with van der Waals surface area (Å²) in [5, 5.41) is 6.43. The van der Waals surface area contributed by atoms with E-state index in [4.69, 9.17) is 9.47 Å². The first-order chi connectivity index (χ1) is 13.2. The Morgan fingerprint density at radius 1 is 1.00 bits per heavy atom. The number of rotatable bonds is 5. The van der Waals surface area contributed by atoms with Crippen molar-refractivity contribution in [2.75, 3.05) is 19.7 Å². The van der Waals surface area contributed by atoms with Gasteiger partial charge in [-0.15, -0.1) is 0 Å². The van der Waals surface area contributed by atoms with Crippen LogP contribution in [-0.2, 0) is 4.79 Å². The van der Waals surface area contributed by atoms with E-state index in [1.54, 1.807) is 18.3 Å². The van der Waals surface area contributed by atoms with E-state index in [1.165, 1.54) is 0 Å². The molecule has 138 valence electrons. The van der Waals surface area contributed by atoms with Gasteiger partial charge in [-0.1, -0.05) is 30.3 Å². The number of amides is 2. The number of benzene rings is 2. The molecular weight excluding hydrogens is 346 g/mol. The third-order valence-electron chi connectivity index (χ3n) is 4.34. The number of H-pyrrole nitrogens is 1. The van der Waals surface area contributed by atoms with Crippen LogP contribution in [0.2, 0.25) is 0 Å². The summed E-state index contributed by atoms with van der Waals surface area (Å²) in [6.45, 7) is 0.771. The van der Waals surface area contributed by atoms with Gasteiger partial charge in [0, 0.05) is 30.2 Å². The molecular formula is C20H19N3O4. The normalized spacial score (nSPS) is 15.3. The van der Waals surface area contributed by atoms with Gasteiger partial charge in [-0.05, 0) is 18.2 Å². The summed E-state index contributed by atoms with van der Waals surface area (Å²) in [6.07, 6.45) is 0.979. The van der Waals surface area contributed by atoms with Gasteiger partial charge in [0.25, 0.3) is 11.8 Å². The first-order valence-corrected chi connectivity index (χ1v) is 8.73. The first-order valence-electron chi connectivity index (χ1n) is 8.73. The Morgan fingerprint density at radius 3 is 2.63 bits per heavy atom. The number of ether oxygens (including phenoxy) is 2. The third kappa shape index (κ3) is 3.57. The minimum Gasteiger partial charge on any atom is -0.485 e. The Kier molecular flexibility index (Phi) is 4.65. The second-order valence-electron chi connectivity index (χ2n) is 6.16. The lowest BCUT2D eigenvalue weighted by atomic mass is 10.1. The molecule has 27 heavy (non-hydrogen) atoms. The van der Waals surface area contributed by atoms with Crippen molar-refractivity contribution in [1.29, 1.82) is 0 Å². The lowest BCUT2D eigenvalue weighted by molar-refractivity contribution is -0.130. The van der Waals surface area contributed by atoms with E-state index in [0.29, 0.717) is 30.2 Å². The molecule has 2 aromatic carbocycles. The highest BCUT2D eigenvalue weighted by atomic mass is 16.6.